The summed E-state index contributed by atoms with van der Waals surface area (Å²) in [6.45, 7) is 4.82. The van der Waals surface area contributed by atoms with Crippen LogP contribution in [0.2, 0.25) is 15.1 Å². The predicted octanol–water partition coefficient (Wildman–Crippen LogP) is 6.17. The molecule has 0 spiro atoms. The van der Waals surface area contributed by atoms with E-state index in [4.69, 9.17) is 34.8 Å². The van der Waals surface area contributed by atoms with E-state index in [1.54, 1.807) is 49.4 Å². The largest absolute Gasteiger partial charge is 0.352 e. The molecule has 0 saturated carbocycles. The lowest BCUT2D eigenvalue weighted by atomic mass is 10.1. The zero-order chi connectivity index (χ0) is 28.7. The van der Waals surface area contributed by atoms with Gasteiger partial charge >= 0.3 is 0 Å². The second-order valence-corrected chi connectivity index (χ2v) is 12.3. The van der Waals surface area contributed by atoms with Gasteiger partial charge in [0.2, 0.25) is 11.8 Å². The summed E-state index contributed by atoms with van der Waals surface area (Å²) >= 11 is 18.8. The number of rotatable bonds is 11. The number of nitrogens with one attached hydrogen (secondary N) is 1. The third-order valence-corrected chi connectivity index (χ3v) is 8.45. The van der Waals surface area contributed by atoms with E-state index in [0.29, 0.717) is 17.0 Å². The topological polar surface area (TPSA) is 86.8 Å². The number of hydrogen-bond acceptors (Lipinski definition) is 4. The Hall–Kier alpha value is -2.78. The minimum Gasteiger partial charge on any atom is -0.352 e. The molecule has 0 aromatic heterocycles. The molecule has 0 unspecified atom stereocenters. The highest BCUT2D eigenvalue weighted by atomic mass is 35.5. The lowest BCUT2D eigenvalue weighted by molar-refractivity contribution is -0.140. The lowest BCUT2D eigenvalue weighted by Crippen LogP contribution is -2.53. The van der Waals surface area contributed by atoms with E-state index in [1.165, 1.54) is 35.2 Å². The van der Waals surface area contributed by atoms with Crippen LogP contribution in [0.15, 0.2) is 77.7 Å². The van der Waals surface area contributed by atoms with Crippen LogP contribution >= 0.6 is 34.8 Å². The molecule has 3 rings (SSSR count). The lowest BCUT2D eigenvalue weighted by Gasteiger charge is -2.33. The molecule has 0 aliphatic rings. The van der Waals surface area contributed by atoms with Crippen molar-refractivity contribution in [2.75, 3.05) is 10.8 Å². The van der Waals surface area contributed by atoms with Crippen molar-refractivity contribution in [2.24, 2.45) is 0 Å². The molecule has 2 amide bonds. The SMILES string of the molecule is CC[C@@H](C(=O)NC(C)C)N(Cc1ccccc1Cl)C(=O)CN(c1cc(Cl)cc(Cl)c1)S(=O)(=O)c1ccccc1. The van der Waals surface area contributed by atoms with Crippen molar-refractivity contribution < 1.29 is 18.0 Å². The van der Waals surface area contributed by atoms with E-state index in [9.17, 15) is 18.0 Å². The second kappa shape index (κ2) is 13.5. The molecule has 0 fully saturated rings. The van der Waals surface area contributed by atoms with Gasteiger partial charge in [-0.05, 0) is 62.2 Å². The molecule has 1 atom stereocenters. The summed E-state index contributed by atoms with van der Waals surface area (Å²) in [4.78, 5) is 28.5. The molecule has 7 nitrogen and oxygen atoms in total. The second-order valence-electron chi connectivity index (χ2n) is 9.15. The van der Waals surface area contributed by atoms with Gasteiger partial charge in [-0.3, -0.25) is 13.9 Å². The zero-order valence-electron chi connectivity index (χ0n) is 21.8. The van der Waals surface area contributed by atoms with Gasteiger partial charge in [-0.15, -0.1) is 0 Å². The Bertz CT molecular complexity index is 1400. The number of sulfonamides is 1. The van der Waals surface area contributed by atoms with Crippen molar-refractivity contribution in [2.45, 2.75) is 50.7 Å². The molecule has 3 aromatic carbocycles. The van der Waals surface area contributed by atoms with Gasteiger partial charge in [-0.2, -0.15) is 0 Å². The fourth-order valence-electron chi connectivity index (χ4n) is 4.04. The summed E-state index contributed by atoms with van der Waals surface area (Å²) in [6.07, 6.45) is 0.295. The van der Waals surface area contributed by atoms with Crippen LogP contribution in [-0.4, -0.2) is 43.8 Å². The number of nitrogens with zero attached hydrogens (tertiary/aromatic N) is 2. The Labute approximate surface area is 244 Å². The molecule has 0 saturated heterocycles. The summed E-state index contributed by atoms with van der Waals surface area (Å²) in [5.74, 6) is -0.951. The van der Waals surface area contributed by atoms with Gasteiger partial charge in [0.25, 0.3) is 10.0 Å². The van der Waals surface area contributed by atoms with E-state index < -0.39 is 28.5 Å². The Morgan fingerprint density at radius 3 is 2.05 bits per heavy atom. The van der Waals surface area contributed by atoms with Gasteiger partial charge in [0, 0.05) is 27.7 Å². The molecule has 0 radical (unpaired) electrons. The van der Waals surface area contributed by atoms with Gasteiger partial charge < -0.3 is 10.2 Å². The Balaban J connectivity index is 2.10. The smallest absolute Gasteiger partial charge is 0.264 e. The first-order valence-electron chi connectivity index (χ1n) is 12.3. The number of amides is 2. The van der Waals surface area contributed by atoms with Crippen LogP contribution < -0.4 is 9.62 Å². The first kappa shape index (κ1) is 30.8. The van der Waals surface area contributed by atoms with Crippen LogP contribution in [0, 0.1) is 0 Å². The minimum absolute atomic E-state index is 0.00193. The summed E-state index contributed by atoms with van der Waals surface area (Å²) in [6, 6.07) is 18.0. The number of carbonyl (C=O) groups is 2. The fourth-order valence-corrected chi connectivity index (χ4v) is 6.17. The molecule has 11 heteroatoms. The highest BCUT2D eigenvalue weighted by Crippen LogP contribution is 2.30. The molecular formula is C28H30Cl3N3O4S. The van der Waals surface area contributed by atoms with Crippen LogP contribution in [0.3, 0.4) is 0 Å². The number of halogens is 3. The van der Waals surface area contributed by atoms with Crippen molar-refractivity contribution in [1.29, 1.82) is 0 Å². The maximum Gasteiger partial charge on any atom is 0.264 e. The molecule has 208 valence electrons. The van der Waals surface area contributed by atoms with Gasteiger partial charge in [0.1, 0.15) is 12.6 Å². The third-order valence-electron chi connectivity index (χ3n) is 5.86. The molecule has 0 bridgehead atoms. The molecule has 39 heavy (non-hydrogen) atoms. The predicted molar refractivity (Wildman–Crippen MR) is 157 cm³/mol. The summed E-state index contributed by atoms with van der Waals surface area (Å²) < 4.78 is 28.6. The monoisotopic (exact) mass is 609 g/mol. The molecule has 0 heterocycles. The maximum absolute atomic E-state index is 14.0. The average molecular weight is 611 g/mol. The van der Waals surface area contributed by atoms with E-state index in [2.05, 4.69) is 5.32 Å². The maximum atomic E-state index is 14.0. The summed E-state index contributed by atoms with van der Waals surface area (Å²) in [5, 5.41) is 3.68. The first-order chi connectivity index (χ1) is 18.4. The quantitative estimate of drug-likeness (QED) is 0.281. The van der Waals surface area contributed by atoms with Gasteiger partial charge in [-0.1, -0.05) is 78.1 Å². The van der Waals surface area contributed by atoms with Crippen LogP contribution in [-0.2, 0) is 26.2 Å². The Morgan fingerprint density at radius 1 is 0.897 bits per heavy atom. The zero-order valence-corrected chi connectivity index (χ0v) is 24.9. The van der Waals surface area contributed by atoms with Crippen LogP contribution in [0.4, 0.5) is 5.69 Å². The van der Waals surface area contributed by atoms with Gasteiger partial charge in [0.15, 0.2) is 0 Å². The number of anilines is 1. The van der Waals surface area contributed by atoms with E-state index in [0.717, 1.165) is 4.31 Å². The molecule has 0 aliphatic carbocycles. The minimum atomic E-state index is -4.23. The number of hydrogen-bond donors (Lipinski definition) is 1. The number of benzene rings is 3. The first-order valence-corrected chi connectivity index (χ1v) is 14.9. The third kappa shape index (κ3) is 7.88. The van der Waals surface area contributed by atoms with Crippen LogP contribution in [0.25, 0.3) is 0 Å². The highest BCUT2D eigenvalue weighted by molar-refractivity contribution is 7.92. The normalized spacial score (nSPS) is 12.2. The van der Waals surface area contributed by atoms with Crippen LogP contribution in [0.1, 0.15) is 32.8 Å². The molecule has 3 aromatic rings. The van der Waals surface area contributed by atoms with Crippen molar-refractivity contribution >= 4 is 62.3 Å². The highest BCUT2D eigenvalue weighted by Gasteiger charge is 2.34. The molecule has 1 N–H and O–H groups in total. The van der Waals surface area contributed by atoms with E-state index >= 15 is 0 Å². The average Bonchev–Trinajstić information content (AvgIpc) is 2.87. The molecule has 0 aliphatic heterocycles. The summed E-state index contributed by atoms with van der Waals surface area (Å²) in [5.41, 5.74) is 0.730. The van der Waals surface area contributed by atoms with Crippen molar-refractivity contribution in [1.82, 2.24) is 10.2 Å². The Kier molecular flexibility index (Phi) is 10.7. The Morgan fingerprint density at radius 2 is 1.49 bits per heavy atom. The molecular weight excluding hydrogens is 581 g/mol. The van der Waals surface area contributed by atoms with E-state index in [-0.39, 0.29) is 39.1 Å². The number of carbonyl (C=O) groups excluding carboxylic acids is 2. The van der Waals surface area contributed by atoms with Crippen molar-refractivity contribution in [3.63, 3.8) is 0 Å². The summed E-state index contributed by atoms with van der Waals surface area (Å²) in [7, 11) is -4.23. The standard InChI is InChI=1S/C28H30Cl3N3O4S/c1-4-26(28(36)32-19(2)3)33(17-20-10-8-9-13-25(20)31)27(35)18-34(23-15-21(29)14-22(30)16-23)39(37,38)24-11-6-5-7-12-24/h5-16,19,26H,4,17-18H2,1-3H3,(H,32,36)/t26-/m0/s1. The van der Waals surface area contributed by atoms with Crippen LogP contribution in [0.5, 0.6) is 0 Å². The van der Waals surface area contributed by atoms with Crippen molar-refractivity contribution in [3.05, 3.63) is 93.4 Å². The van der Waals surface area contributed by atoms with Crippen molar-refractivity contribution in [3.8, 4) is 0 Å². The van der Waals surface area contributed by atoms with Gasteiger partial charge in [0.05, 0.1) is 10.6 Å². The fraction of sp³-hybridized carbons (Fsp3) is 0.286. The van der Waals surface area contributed by atoms with E-state index in [1.807, 2.05) is 13.8 Å². The van der Waals surface area contributed by atoms with Gasteiger partial charge in [-0.25, -0.2) is 8.42 Å².